The van der Waals surface area contributed by atoms with Crippen LogP contribution >= 0.6 is 12.2 Å². The van der Waals surface area contributed by atoms with E-state index in [-0.39, 0.29) is 12.6 Å². The molecule has 0 aliphatic rings. The van der Waals surface area contributed by atoms with Crippen molar-refractivity contribution in [1.29, 1.82) is 0 Å². The van der Waals surface area contributed by atoms with Crippen molar-refractivity contribution in [3.8, 4) is 0 Å². The van der Waals surface area contributed by atoms with Crippen molar-refractivity contribution in [1.82, 2.24) is 5.32 Å². The smallest absolute Gasteiger partial charge is 0.407 e. The minimum Gasteiger partial charge on any atom is -0.445 e. The van der Waals surface area contributed by atoms with E-state index in [1.54, 1.807) is 0 Å². The van der Waals surface area contributed by atoms with Gasteiger partial charge in [0, 0.05) is 0 Å². The number of aliphatic imine (C=N–C) groups is 1. The van der Waals surface area contributed by atoms with E-state index in [4.69, 9.17) is 4.74 Å². The molecule has 1 rings (SSSR count). The van der Waals surface area contributed by atoms with Crippen LogP contribution in [0.4, 0.5) is 4.79 Å². The number of carbonyl (C=O) groups is 1. The molecule has 1 amide bonds. The van der Waals surface area contributed by atoms with Gasteiger partial charge in [-0.2, -0.15) is 0 Å². The second-order valence-corrected chi connectivity index (χ2v) is 5.15. The van der Waals surface area contributed by atoms with Crippen molar-refractivity contribution in [3.63, 3.8) is 0 Å². The quantitative estimate of drug-likeness (QED) is 0.619. The molecule has 0 bridgehead atoms. The Bertz CT molecular complexity index is 456. The standard InChI is InChI=1S/C15H20N2O2S/c1-12(2)8-14(9-16-11-20)17-15(18)19-10-13-6-4-3-5-7-13/h3-7,12,14H,8-10H2,1-2H3,(H,17,18)/t14-/m0/s1. The van der Waals surface area contributed by atoms with Crippen LogP contribution in [-0.4, -0.2) is 23.8 Å². The molecule has 5 heteroatoms. The number of alkyl carbamates (subject to hydrolysis) is 1. The molecule has 4 nitrogen and oxygen atoms in total. The highest BCUT2D eigenvalue weighted by Gasteiger charge is 2.14. The Hall–Kier alpha value is -1.71. The van der Waals surface area contributed by atoms with E-state index < -0.39 is 6.09 Å². The lowest BCUT2D eigenvalue weighted by atomic mass is 10.0. The maximum atomic E-state index is 11.7. The van der Waals surface area contributed by atoms with Crippen molar-refractivity contribution in [3.05, 3.63) is 35.9 Å². The number of hydrogen-bond acceptors (Lipinski definition) is 4. The average Bonchev–Trinajstić information content (AvgIpc) is 2.43. The van der Waals surface area contributed by atoms with Crippen LogP contribution in [0.25, 0.3) is 0 Å². The first-order chi connectivity index (χ1) is 9.61. The number of benzene rings is 1. The number of thiocarbonyl (C=S) groups is 1. The largest absolute Gasteiger partial charge is 0.445 e. The fraction of sp³-hybridized carbons (Fsp3) is 0.467. The first-order valence-electron chi connectivity index (χ1n) is 6.62. The molecule has 0 aliphatic heterocycles. The predicted octanol–water partition coefficient (Wildman–Crippen LogP) is 3.43. The highest BCUT2D eigenvalue weighted by molar-refractivity contribution is 7.78. The van der Waals surface area contributed by atoms with E-state index in [0.717, 1.165) is 12.0 Å². The molecule has 0 saturated heterocycles. The van der Waals surface area contributed by atoms with E-state index in [1.165, 1.54) is 0 Å². The lowest BCUT2D eigenvalue weighted by Gasteiger charge is -2.18. The van der Waals surface area contributed by atoms with Gasteiger partial charge in [-0.15, -0.1) is 0 Å². The topological polar surface area (TPSA) is 50.7 Å². The highest BCUT2D eigenvalue weighted by atomic mass is 32.1. The second-order valence-electron chi connectivity index (χ2n) is 4.96. The second kappa shape index (κ2) is 9.23. The SMILES string of the molecule is CC(C)C[C@@H](CN=C=S)NC(=O)OCc1ccccc1. The van der Waals surface area contributed by atoms with E-state index in [9.17, 15) is 4.79 Å². The summed E-state index contributed by atoms with van der Waals surface area (Å²) in [7, 11) is 0. The van der Waals surface area contributed by atoms with Crippen LogP contribution in [0.1, 0.15) is 25.8 Å². The van der Waals surface area contributed by atoms with Gasteiger partial charge < -0.3 is 10.1 Å². The van der Waals surface area contributed by atoms with E-state index in [1.807, 2.05) is 30.3 Å². The van der Waals surface area contributed by atoms with Gasteiger partial charge in [0.2, 0.25) is 0 Å². The van der Waals surface area contributed by atoms with Crippen LogP contribution in [0.5, 0.6) is 0 Å². The Labute approximate surface area is 125 Å². The third-order valence-electron chi connectivity index (χ3n) is 2.67. The molecule has 20 heavy (non-hydrogen) atoms. The van der Waals surface area contributed by atoms with Gasteiger partial charge in [-0.3, -0.25) is 0 Å². The molecule has 0 spiro atoms. The molecule has 0 saturated carbocycles. The Morgan fingerprint density at radius 1 is 1.40 bits per heavy atom. The van der Waals surface area contributed by atoms with Crippen LogP contribution in [0.2, 0.25) is 0 Å². The maximum Gasteiger partial charge on any atom is 0.407 e. The van der Waals surface area contributed by atoms with E-state index in [0.29, 0.717) is 12.5 Å². The molecular weight excluding hydrogens is 272 g/mol. The summed E-state index contributed by atoms with van der Waals surface area (Å²) >= 11 is 4.55. The summed E-state index contributed by atoms with van der Waals surface area (Å²) in [4.78, 5) is 15.6. The zero-order chi connectivity index (χ0) is 14.8. The fourth-order valence-electron chi connectivity index (χ4n) is 1.83. The van der Waals surface area contributed by atoms with Gasteiger partial charge >= 0.3 is 6.09 Å². The van der Waals surface area contributed by atoms with Crippen molar-refractivity contribution in [2.75, 3.05) is 6.54 Å². The number of rotatable bonds is 7. The average molecular weight is 292 g/mol. The highest BCUT2D eigenvalue weighted by Crippen LogP contribution is 2.06. The molecule has 108 valence electrons. The van der Waals surface area contributed by atoms with Gasteiger partial charge in [0.25, 0.3) is 0 Å². The van der Waals surface area contributed by atoms with Gasteiger partial charge in [0.15, 0.2) is 0 Å². The van der Waals surface area contributed by atoms with Crippen LogP contribution in [0.15, 0.2) is 35.3 Å². The molecule has 1 aromatic rings. The van der Waals surface area contributed by atoms with Gasteiger partial charge in [0.1, 0.15) is 6.61 Å². The molecule has 0 radical (unpaired) electrons. The van der Waals surface area contributed by atoms with Gasteiger partial charge in [-0.25, -0.2) is 9.79 Å². The Kier molecular flexibility index (Phi) is 7.55. The third-order valence-corrected chi connectivity index (χ3v) is 2.80. The molecule has 0 fully saturated rings. The van der Waals surface area contributed by atoms with Crippen molar-refractivity contribution in [2.45, 2.75) is 32.9 Å². The first-order valence-corrected chi connectivity index (χ1v) is 7.03. The third kappa shape index (κ3) is 7.02. The summed E-state index contributed by atoms with van der Waals surface area (Å²) in [5.41, 5.74) is 0.958. The number of ether oxygens (including phenoxy) is 1. The van der Waals surface area contributed by atoms with Gasteiger partial charge in [-0.1, -0.05) is 44.2 Å². The number of nitrogens with one attached hydrogen (secondary N) is 1. The zero-order valence-electron chi connectivity index (χ0n) is 11.8. The maximum absolute atomic E-state index is 11.7. The van der Waals surface area contributed by atoms with E-state index >= 15 is 0 Å². The normalized spacial score (nSPS) is 11.6. The summed E-state index contributed by atoms with van der Waals surface area (Å²) in [6.07, 6.45) is 0.389. The first kappa shape index (κ1) is 16.3. The number of carbonyl (C=O) groups excluding carboxylic acids is 1. The van der Waals surface area contributed by atoms with Gasteiger partial charge in [0.05, 0.1) is 17.7 Å². The number of nitrogens with zero attached hydrogens (tertiary/aromatic N) is 1. The fourth-order valence-corrected chi connectivity index (χ4v) is 1.90. The summed E-state index contributed by atoms with van der Waals surface area (Å²) < 4.78 is 5.18. The molecule has 1 atom stereocenters. The summed E-state index contributed by atoms with van der Waals surface area (Å²) in [5, 5.41) is 5.13. The number of amides is 1. The summed E-state index contributed by atoms with van der Waals surface area (Å²) in [5.74, 6) is 0.453. The predicted molar refractivity (Wildman–Crippen MR) is 82.9 cm³/mol. The Morgan fingerprint density at radius 2 is 2.10 bits per heavy atom. The Balaban J connectivity index is 2.42. The molecule has 1 N–H and O–H groups in total. The van der Waals surface area contributed by atoms with Crippen molar-refractivity contribution >= 4 is 23.5 Å². The van der Waals surface area contributed by atoms with Gasteiger partial charge in [-0.05, 0) is 30.1 Å². The summed E-state index contributed by atoms with van der Waals surface area (Å²) in [6.45, 7) is 4.87. The molecule has 0 aliphatic carbocycles. The molecule has 0 heterocycles. The zero-order valence-corrected chi connectivity index (χ0v) is 12.7. The summed E-state index contributed by atoms with van der Waals surface area (Å²) in [6, 6.07) is 9.49. The Morgan fingerprint density at radius 3 is 2.70 bits per heavy atom. The number of isothiocyanates is 1. The molecule has 0 aromatic heterocycles. The number of hydrogen-bond donors (Lipinski definition) is 1. The molecular formula is C15H20N2O2S. The minimum absolute atomic E-state index is 0.0753. The lowest BCUT2D eigenvalue weighted by molar-refractivity contribution is 0.134. The lowest BCUT2D eigenvalue weighted by Crippen LogP contribution is -2.38. The van der Waals surface area contributed by atoms with Crippen LogP contribution in [0.3, 0.4) is 0 Å². The monoisotopic (exact) mass is 292 g/mol. The van der Waals surface area contributed by atoms with Crippen LogP contribution in [0, 0.1) is 5.92 Å². The van der Waals surface area contributed by atoms with Crippen molar-refractivity contribution < 1.29 is 9.53 Å². The molecule has 0 unspecified atom stereocenters. The van der Waals surface area contributed by atoms with E-state index in [2.05, 4.69) is 41.5 Å². The minimum atomic E-state index is -0.431. The van der Waals surface area contributed by atoms with Crippen molar-refractivity contribution in [2.24, 2.45) is 10.9 Å². The van der Waals surface area contributed by atoms with Crippen LogP contribution in [-0.2, 0) is 11.3 Å². The molecule has 1 aromatic carbocycles. The van der Waals surface area contributed by atoms with Crippen LogP contribution < -0.4 is 5.32 Å².